The van der Waals surface area contributed by atoms with Crippen LogP contribution in [0.3, 0.4) is 0 Å². The standard InChI is InChI=1S/C14H18N2O4S/c1-10(12-4-3-7-20-12)16-21(17,18)14-6-5-11(9-15)8-13(14)19-2/h3-8,10,16H,9,15H2,1-2H3. The minimum Gasteiger partial charge on any atom is -0.495 e. The summed E-state index contributed by atoms with van der Waals surface area (Å²) in [6.45, 7) is 2.02. The Hall–Kier alpha value is -1.83. The molecule has 0 spiro atoms. The van der Waals surface area contributed by atoms with Gasteiger partial charge in [-0.3, -0.25) is 0 Å². The fourth-order valence-corrected chi connectivity index (χ4v) is 3.32. The summed E-state index contributed by atoms with van der Waals surface area (Å²) in [4.78, 5) is 0.0700. The number of hydrogen-bond acceptors (Lipinski definition) is 5. The highest BCUT2D eigenvalue weighted by molar-refractivity contribution is 7.89. The van der Waals surface area contributed by atoms with Crippen molar-refractivity contribution in [1.82, 2.24) is 4.72 Å². The van der Waals surface area contributed by atoms with Crippen LogP contribution in [-0.4, -0.2) is 15.5 Å². The summed E-state index contributed by atoms with van der Waals surface area (Å²) in [5.74, 6) is 0.799. The van der Waals surface area contributed by atoms with Crippen LogP contribution in [0.5, 0.6) is 5.75 Å². The fraction of sp³-hybridized carbons (Fsp3) is 0.286. The Bertz CT molecular complexity index is 696. The maximum absolute atomic E-state index is 12.5. The molecule has 2 aromatic rings. The van der Waals surface area contributed by atoms with Crippen LogP contribution in [0.25, 0.3) is 0 Å². The van der Waals surface area contributed by atoms with E-state index in [1.807, 2.05) is 0 Å². The molecule has 1 aromatic carbocycles. The van der Waals surface area contributed by atoms with Crippen molar-refractivity contribution in [3.8, 4) is 5.75 Å². The second-order valence-electron chi connectivity index (χ2n) is 4.55. The lowest BCUT2D eigenvalue weighted by molar-refractivity contribution is 0.401. The number of methoxy groups -OCH3 is 1. The van der Waals surface area contributed by atoms with Crippen molar-refractivity contribution in [2.45, 2.75) is 24.4 Å². The minimum atomic E-state index is -3.73. The van der Waals surface area contributed by atoms with Gasteiger partial charge in [0.15, 0.2) is 0 Å². The van der Waals surface area contributed by atoms with Gasteiger partial charge in [0.25, 0.3) is 0 Å². The van der Waals surface area contributed by atoms with Crippen LogP contribution in [0.4, 0.5) is 0 Å². The molecule has 0 aliphatic rings. The van der Waals surface area contributed by atoms with E-state index in [0.29, 0.717) is 12.3 Å². The molecule has 2 rings (SSSR count). The third-order valence-electron chi connectivity index (χ3n) is 3.06. The zero-order chi connectivity index (χ0) is 15.5. The van der Waals surface area contributed by atoms with Crippen molar-refractivity contribution in [2.75, 3.05) is 7.11 Å². The number of nitrogens with one attached hydrogen (secondary N) is 1. The molecule has 0 bridgehead atoms. The molecular formula is C14H18N2O4S. The Morgan fingerprint density at radius 3 is 2.71 bits per heavy atom. The van der Waals surface area contributed by atoms with Gasteiger partial charge in [0.2, 0.25) is 10.0 Å². The molecule has 0 fully saturated rings. The first-order valence-electron chi connectivity index (χ1n) is 6.40. The van der Waals surface area contributed by atoms with Gasteiger partial charge in [0.05, 0.1) is 19.4 Å². The van der Waals surface area contributed by atoms with Crippen molar-refractivity contribution in [3.05, 3.63) is 47.9 Å². The second-order valence-corrected chi connectivity index (χ2v) is 6.23. The molecule has 21 heavy (non-hydrogen) atoms. The lowest BCUT2D eigenvalue weighted by Gasteiger charge is -2.15. The topological polar surface area (TPSA) is 94.6 Å². The van der Waals surface area contributed by atoms with E-state index in [4.69, 9.17) is 14.9 Å². The Morgan fingerprint density at radius 2 is 2.14 bits per heavy atom. The third-order valence-corrected chi connectivity index (χ3v) is 4.64. The monoisotopic (exact) mass is 310 g/mol. The van der Waals surface area contributed by atoms with E-state index in [1.165, 1.54) is 19.4 Å². The van der Waals surface area contributed by atoms with Gasteiger partial charge in [0, 0.05) is 6.54 Å². The van der Waals surface area contributed by atoms with Crippen molar-refractivity contribution in [3.63, 3.8) is 0 Å². The first kappa shape index (κ1) is 15.6. The van der Waals surface area contributed by atoms with Crippen molar-refractivity contribution >= 4 is 10.0 Å². The van der Waals surface area contributed by atoms with Crippen LogP contribution < -0.4 is 15.2 Å². The number of furan rings is 1. The van der Waals surface area contributed by atoms with Crippen LogP contribution >= 0.6 is 0 Å². The Balaban J connectivity index is 2.31. The van der Waals surface area contributed by atoms with Gasteiger partial charge >= 0.3 is 0 Å². The summed E-state index contributed by atoms with van der Waals surface area (Å²) in [5.41, 5.74) is 6.34. The molecule has 7 heteroatoms. The molecule has 1 unspecified atom stereocenters. The van der Waals surface area contributed by atoms with Crippen LogP contribution in [-0.2, 0) is 16.6 Å². The van der Waals surface area contributed by atoms with Gasteiger partial charge in [-0.1, -0.05) is 6.07 Å². The van der Waals surface area contributed by atoms with Crippen LogP contribution in [0.15, 0.2) is 45.9 Å². The van der Waals surface area contributed by atoms with Crippen LogP contribution in [0.1, 0.15) is 24.3 Å². The van der Waals surface area contributed by atoms with Gasteiger partial charge in [-0.2, -0.15) is 0 Å². The highest BCUT2D eigenvalue weighted by Crippen LogP contribution is 2.26. The molecule has 0 aliphatic heterocycles. The largest absolute Gasteiger partial charge is 0.495 e. The predicted octanol–water partition coefficient (Wildman–Crippen LogP) is 1.79. The molecule has 0 aliphatic carbocycles. The van der Waals surface area contributed by atoms with E-state index in [1.54, 1.807) is 31.2 Å². The van der Waals surface area contributed by atoms with Gasteiger partial charge < -0.3 is 14.9 Å². The van der Waals surface area contributed by atoms with Gasteiger partial charge in [-0.15, -0.1) is 0 Å². The fourth-order valence-electron chi connectivity index (χ4n) is 1.95. The van der Waals surface area contributed by atoms with Gasteiger partial charge in [-0.05, 0) is 36.8 Å². The summed E-state index contributed by atoms with van der Waals surface area (Å²) in [6.07, 6.45) is 1.50. The SMILES string of the molecule is COc1cc(CN)ccc1S(=O)(=O)NC(C)c1ccco1. The highest BCUT2D eigenvalue weighted by Gasteiger charge is 2.23. The average Bonchev–Trinajstić information content (AvgIpc) is 3.00. The summed E-state index contributed by atoms with van der Waals surface area (Å²) in [6, 6.07) is 7.70. The zero-order valence-corrected chi connectivity index (χ0v) is 12.7. The van der Waals surface area contributed by atoms with E-state index in [0.717, 1.165) is 5.56 Å². The number of hydrogen-bond donors (Lipinski definition) is 2. The molecule has 1 atom stereocenters. The molecule has 0 amide bonds. The van der Waals surface area contributed by atoms with Crippen LogP contribution in [0.2, 0.25) is 0 Å². The molecule has 0 saturated carbocycles. The van der Waals surface area contributed by atoms with Gasteiger partial charge in [0.1, 0.15) is 16.4 Å². The number of benzene rings is 1. The predicted molar refractivity (Wildman–Crippen MR) is 78.3 cm³/mol. The number of sulfonamides is 1. The molecule has 3 N–H and O–H groups in total. The third kappa shape index (κ3) is 3.44. The Kier molecular flexibility index (Phi) is 4.66. The molecule has 0 radical (unpaired) electrons. The lowest BCUT2D eigenvalue weighted by atomic mass is 10.2. The normalized spacial score (nSPS) is 13.1. The van der Waals surface area contributed by atoms with E-state index >= 15 is 0 Å². The number of rotatable bonds is 6. The first-order chi connectivity index (χ1) is 9.97. The summed E-state index contributed by atoms with van der Waals surface area (Å²) < 4.78 is 37.8. The van der Waals surface area contributed by atoms with Crippen LogP contribution in [0, 0.1) is 0 Å². The van der Waals surface area contributed by atoms with Gasteiger partial charge in [-0.25, -0.2) is 13.1 Å². The van der Waals surface area contributed by atoms with E-state index < -0.39 is 16.1 Å². The molecular weight excluding hydrogens is 292 g/mol. The minimum absolute atomic E-state index is 0.0700. The number of ether oxygens (including phenoxy) is 1. The molecule has 1 heterocycles. The molecule has 114 valence electrons. The van der Waals surface area contributed by atoms with E-state index in [9.17, 15) is 8.42 Å². The Labute approximate surface area is 124 Å². The second kappa shape index (κ2) is 6.30. The maximum Gasteiger partial charge on any atom is 0.244 e. The summed E-state index contributed by atoms with van der Waals surface area (Å²) in [5, 5.41) is 0. The lowest BCUT2D eigenvalue weighted by Crippen LogP contribution is -2.27. The molecule has 1 aromatic heterocycles. The molecule has 0 saturated heterocycles. The maximum atomic E-state index is 12.5. The molecule has 6 nitrogen and oxygen atoms in total. The van der Waals surface area contributed by atoms with E-state index in [-0.39, 0.29) is 10.6 Å². The van der Waals surface area contributed by atoms with E-state index in [2.05, 4.69) is 4.72 Å². The first-order valence-corrected chi connectivity index (χ1v) is 7.89. The summed E-state index contributed by atoms with van der Waals surface area (Å²) in [7, 11) is -2.31. The average molecular weight is 310 g/mol. The Morgan fingerprint density at radius 1 is 1.38 bits per heavy atom. The zero-order valence-electron chi connectivity index (χ0n) is 11.9. The summed E-state index contributed by atoms with van der Waals surface area (Å²) >= 11 is 0. The van der Waals surface area contributed by atoms with Crippen molar-refractivity contribution < 1.29 is 17.6 Å². The van der Waals surface area contributed by atoms with Crippen molar-refractivity contribution in [1.29, 1.82) is 0 Å². The van der Waals surface area contributed by atoms with Crippen molar-refractivity contribution in [2.24, 2.45) is 5.73 Å². The highest BCUT2D eigenvalue weighted by atomic mass is 32.2. The number of nitrogens with two attached hydrogens (primary N) is 1. The smallest absolute Gasteiger partial charge is 0.244 e. The quantitative estimate of drug-likeness (QED) is 0.848.